The SMILES string of the molecule is C=CCCCOC1O[C@@H]([C@@H](COC(C)=O)OC(C)=O)[C@H](OC(C)=O)[C@H]1OC(C)=O. The Kier molecular flexibility index (Phi) is 10.3. The van der Waals surface area contributed by atoms with Crippen LogP contribution in [0.4, 0.5) is 0 Å². The van der Waals surface area contributed by atoms with Gasteiger partial charge in [0.05, 0.1) is 6.61 Å². The van der Waals surface area contributed by atoms with E-state index < -0.39 is 54.6 Å². The first kappa shape index (κ1) is 24.6. The Labute approximate surface area is 169 Å². The molecule has 1 unspecified atom stereocenters. The van der Waals surface area contributed by atoms with Gasteiger partial charge in [-0.05, 0) is 12.8 Å². The van der Waals surface area contributed by atoms with E-state index in [9.17, 15) is 19.2 Å². The molecule has 0 spiro atoms. The van der Waals surface area contributed by atoms with Gasteiger partial charge in [-0.15, -0.1) is 6.58 Å². The van der Waals surface area contributed by atoms with Crippen molar-refractivity contribution in [2.24, 2.45) is 0 Å². The monoisotopic (exact) mass is 416 g/mol. The van der Waals surface area contributed by atoms with Gasteiger partial charge in [-0.3, -0.25) is 19.2 Å². The first-order valence-corrected chi connectivity index (χ1v) is 9.18. The van der Waals surface area contributed by atoms with E-state index in [1.807, 2.05) is 0 Å². The van der Waals surface area contributed by atoms with E-state index >= 15 is 0 Å². The lowest BCUT2D eigenvalue weighted by Crippen LogP contribution is -2.46. The highest BCUT2D eigenvalue weighted by molar-refractivity contribution is 5.68. The molecule has 0 amide bonds. The summed E-state index contributed by atoms with van der Waals surface area (Å²) in [6.45, 7) is 8.27. The van der Waals surface area contributed by atoms with Crippen molar-refractivity contribution >= 4 is 23.9 Å². The summed E-state index contributed by atoms with van der Waals surface area (Å²) < 4.78 is 32.2. The molecule has 164 valence electrons. The fraction of sp³-hybridized carbons (Fsp3) is 0.684. The smallest absolute Gasteiger partial charge is 0.303 e. The number of carbonyl (C=O) groups is 4. The van der Waals surface area contributed by atoms with Crippen LogP contribution in [0.1, 0.15) is 40.5 Å². The summed E-state index contributed by atoms with van der Waals surface area (Å²) >= 11 is 0. The Morgan fingerprint density at radius 1 is 0.966 bits per heavy atom. The summed E-state index contributed by atoms with van der Waals surface area (Å²) in [6.07, 6.45) is -2.45. The molecule has 5 atom stereocenters. The van der Waals surface area contributed by atoms with Crippen LogP contribution in [0.3, 0.4) is 0 Å². The molecule has 0 saturated carbocycles. The highest BCUT2D eigenvalue weighted by atomic mass is 16.7. The molecule has 10 nitrogen and oxygen atoms in total. The van der Waals surface area contributed by atoms with E-state index in [4.69, 9.17) is 28.4 Å². The molecule has 10 heteroatoms. The standard InChI is InChI=1S/C19H28O10/c1-6-7-8-9-24-19-18(28-14(5)23)17(27-13(4)22)16(29-19)15(26-12(3)21)10-25-11(2)20/h6,15-19H,1,7-10H2,2-5H3/t15-,16+,17+,18-,19?/m1/s1. The number of ether oxygens (including phenoxy) is 6. The predicted molar refractivity (Wildman–Crippen MR) is 97.3 cm³/mol. The molecule has 1 rings (SSSR count). The first-order chi connectivity index (χ1) is 13.6. The Morgan fingerprint density at radius 3 is 2.10 bits per heavy atom. The van der Waals surface area contributed by atoms with Crippen molar-refractivity contribution in [1.29, 1.82) is 0 Å². The highest BCUT2D eigenvalue weighted by Gasteiger charge is 2.54. The lowest BCUT2D eigenvalue weighted by atomic mass is 10.1. The van der Waals surface area contributed by atoms with Crippen LogP contribution < -0.4 is 0 Å². The summed E-state index contributed by atoms with van der Waals surface area (Å²) in [5.41, 5.74) is 0. The molecular formula is C19H28O10. The van der Waals surface area contributed by atoms with Crippen molar-refractivity contribution in [1.82, 2.24) is 0 Å². The normalized spacial score (nSPS) is 24.3. The fourth-order valence-corrected chi connectivity index (χ4v) is 2.76. The van der Waals surface area contributed by atoms with Crippen molar-refractivity contribution < 1.29 is 47.6 Å². The Balaban J connectivity index is 3.11. The van der Waals surface area contributed by atoms with Gasteiger partial charge in [0.1, 0.15) is 12.7 Å². The number of allylic oxidation sites excluding steroid dienone is 1. The minimum Gasteiger partial charge on any atom is -0.462 e. The second-order valence-corrected chi connectivity index (χ2v) is 6.37. The van der Waals surface area contributed by atoms with Gasteiger partial charge in [-0.25, -0.2) is 0 Å². The molecule has 1 saturated heterocycles. The third kappa shape index (κ3) is 8.61. The zero-order chi connectivity index (χ0) is 22.0. The minimum atomic E-state index is -1.14. The van der Waals surface area contributed by atoms with Crippen molar-refractivity contribution in [2.75, 3.05) is 13.2 Å². The van der Waals surface area contributed by atoms with Crippen LogP contribution in [-0.4, -0.2) is 67.8 Å². The van der Waals surface area contributed by atoms with Gasteiger partial charge < -0.3 is 28.4 Å². The number of hydrogen-bond donors (Lipinski definition) is 0. The third-order valence-corrected chi connectivity index (χ3v) is 3.78. The number of carbonyl (C=O) groups excluding carboxylic acids is 4. The fourth-order valence-electron chi connectivity index (χ4n) is 2.76. The van der Waals surface area contributed by atoms with E-state index in [0.717, 1.165) is 0 Å². The minimum absolute atomic E-state index is 0.260. The van der Waals surface area contributed by atoms with Crippen LogP contribution in [0.2, 0.25) is 0 Å². The van der Waals surface area contributed by atoms with E-state index in [0.29, 0.717) is 12.8 Å². The summed E-state index contributed by atoms with van der Waals surface area (Å²) in [7, 11) is 0. The van der Waals surface area contributed by atoms with Crippen LogP contribution in [0.25, 0.3) is 0 Å². The molecular weight excluding hydrogens is 388 g/mol. The van der Waals surface area contributed by atoms with Crippen LogP contribution in [0.5, 0.6) is 0 Å². The molecule has 1 fully saturated rings. The Morgan fingerprint density at radius 2 is 1.59 bits per heavy atom. The lowest BCUT2D eigenvalue weighted by Gasteiger charge is -2.27. The molecule has 0 aromatic rings. The van der Waals surface area contributed by atoms with Gasteiger partial charge in [-0.2, -0.15) is 0 Å². The maximum atomic E-state index is 11.6. The van der Waals surface area contributed by atoms with Gasteiger partial charge >= 0.3 is 23.9 Å². The maximum absolute atomic E-state index is 11.6. The van der Waals surface area contributed by atoms with Crippen LogP contribution >= 0.6 is 0 Å². The molecule has 0 N–H and O–H groups in total. The molecule has 0 radical (unpaired) electrons. The predicted octanol–water partition coefficient (Wildman–Crippen LogP) is 1.05. The second kappa shape index (κ2) is 12.2. The summed E-state index contributed by atoms with van der Waals surface area (Å²) in [6, 6.07) is 0. The van der Waals surface area contributed by atoms with Crippen LogP contribution in [-0.2, 0) is 47.6 Å². The maximum Gasteiger partial charge on any atom is 0.303 e. The van der Waals surface area contributed by atoms with Gasteiger partial charge in [0.2, 0.25) is 0 Å². The first-order valence-electron chi connectivity index (χ1n) is 9.18. The zero-order valence-corrected chi connectivity index (χ0v) is 17.1. The van der Waals surface area contributed by atoms with E-state index in [1.54, 1.807) is 6.08 Å². The summed E-state index contributed by atoms with van der Waals surface area (Å²) in [5.74, 6) is -2.56. The average Bonchev–Trinajstić information content (AvgIpc) is 2.91. The van der Waals surface area contributed by atoms with Crippen LogP contribution in [0, 0.1) is 0 Å². The summed E-state index contributed by atoms with van der Waals surface area (Å²) in [4.78, 5) is 45.9. The molecule has 1 aliphatic rings. The Bertz CT molecular complexity index is 602. The van der Waals surface area contributed by atoms with Crippen molar-refractivity contribution in [3.63, 3.8) is 0 Å². The number of unbranched alkanes of at least 4 members (excludes halogenated alkanes) is 1. The van der Waals surface area contributed by atoms with Gasteiger partial charge in [0, 0.05) is 27.7 Å². The number of esters is 4. The largest absolute Gasteiger partial charge is 0.462 e. The molecule has 0 aromatic heterocycles. The summed E-state index contributed by atoms with van der Waals surface area (Å²) in [5, 5.41) is 0. The van der Waals surface area contributed by atoms with Gasteiger partial charge in [0.25, 0.3) is 0 Å². The molecule has 1 heterocycles. The highest BCUT2D eigenvalue weighted by Crippen LogP contribution is 2.31. The zero-order valence-electron chi connectivity index (χ0n) is 17.1. The topological polar surface area (TPSA) is 124 Å². The molecule has 29 heavy (non-hydrogen) atoms. The van der Waals surface area contributed by atoms with Crippen molar-refractivity contribution in [2.45, 2.75) is 71.2 Å². The molecule has 0 aromatic carbocycles. The quantitative estimate of drug-likeness (QED) is 0.209. The Hall–Kier alpha value is -2.46. The molecule has 1 aliphatic heterocycles. The van der Waals surface area contributed by atoms with E-state index in [2.05, 4.69) is 6.58 Å². The van der Waals surface area contributed by atoms with Crippen molar-refractivity contribution in [3.8, 4) is 0 Å². The van der Waals surface area contributed by atoms with Crippen molar-refractivity contribution in [3.05, 3.63) is 12.7 Å². The molecule has 0 aliphatic carbocycles. The van der Waals surface area contributed by atoms with Crippen LogP contribution in [0.15, 0.2) is 12.7 Å². The average molecular weight is 416 g/mol. The number of hydrogen-bond acceptors (Lipinski definition) is 10. The van der Waals surface area contributed by atoms with E-state index in [1.165, 1.54) is 27.7 Å². The molecule has 0 bridgehead atoms. The second-order valence-electron chi connectivity index (χ2n) is 6.37. The van der Waals surface area contributed by atoms with Gasteiger partial charge in [-0.1, -0.05) is 6.08 Å². The number of rotatable bonds is 11. The van der Waals surface area contributed by atoms with Gasteiger partial charge in [0.15, 0.2) is 24.6 Å². The lowest BCUT2D eigenvalue weighted by molar-refractivity contribution is -0.199. The van der Waals surface area contributed by atoms with E-state index in [-0.39, 0.29) is 13.2 Å². The third-order valence-electron chi connectivity index (χ3n) is 3.78.